The lowest BCUT2D eigenvalue weighted by atomic mass is 9.99. The Kier molecular flexibility index (Phi) is 5.57. The first-order chi connectivity index (χ1) is 11.3. The minimum atomic E-state index is -0.608. The van der Waals surface area contributed by atoms with Crippen molar-refractivity contribution in [2.24, 2.45) is 0 Å². The topological polar surface area (TPSA) is 29.5 Å². The lowest BCUT2D eigenvalue weighted by Crippen LogP contribution is -2.30. The first-order valence-corrected chi connectivity index (χ1v) is 9.98. The van der Waals surface area contributed by atoms with Crippen molar-refractivity contribution < 1.29 is 9.84 Å². The third-order valence-corrected chi connectivity index (χ3v) is 7.44. The molecular formula is C19H22O2S2. The minimum absolute atomic E-state index is 0.368. The van der Waals surface area contributed by atoms with Crippen molar-refractivity contribution in [2.75, 3.05) is 18.1 Å². The SMILES string of the molecule is CCOc1ccccc1C(O)C1(c2ccccc2)SCCCS1. The molecule has 1 aliphatic heterocycles. The van der Waals surface area contributed by atoms with E-state index in [0.717, 1.165) is 22.8 Å². The Balaban J connectivity index is 2.04. The monoisotopic (exact) mass is 346 g/mol. The first-order valence-electron chi connectivity index (χ1n) is 8.01. The standard InChI is InChI=1S/C19H22O2S2/c1-2-21-17-12-7-6-11-16(17)18(20)19(22-13-8-14-23-19)15-9-4-3-5-10-15/h3-7,9-12,18,20H,2,8,13-14H2,1H3. The highest BCUT2D eigenvalue weighted by atomic mass is 32.2. The van der Waals surface area contributed by atoms with Gasteiger partial charge >= 0.3 is 0 Å². The van der Waals surface area contributed by atoms with Crippen LogP contribution >= 0.6 is 23.5 Å². The van der Waals surface area contributed by atoms with Crippen molar-refractivity contribution >= 4 is 23.5 Å². The molecule has 0 radical (unpaired) electrons. The van der Waals surface area contributed by atoms with Gasteiger partial charge in [-0.1, -0.05) is 48.5 Å². The molecule has 1 heterocycles. The van der Waals surface area contributed by atoms with Crippen molar-refractivity contribution in [2.45, 2.75) is 23.5 Å². The second kappa shape index (κ2) is 7.65. The van der Waals surface area contributed by atoms with Gasteiger partial charge in [0.05, 0.1) is 6.61 Å². The summed E-state index contributed by atoms with van der Waals surface area (Å²) in [6, 6.07) is 18.2. The molecule has 0 saturated carbocycles. The number of ether oxygens (including phenoxy) is 1. The zero-order valence-electron chi connectivity index (χ0n) is 13.3. The third-order valence-electron chi connectivity index (χ3n) is 3.97. The average molecular weight is 347 g/mol. The Labute approximate surface area is 146 Å². The van der Waals surface area contributed by atoms with Gasteiger partial charge in [0.25, 0.3) is 0 Å². The fraction of sp³-hybridized carbons (Fsp3) is 0.368. The number of aliphatic hydroxyl groups excluding tert-OH is 1. The van der Waals surface area contributed by atoms with E-state index in [9.17, 15) is 5.11 Å². The molecular weight excluding hydrogens is 324 g/mol. The number of para-hydroxylation sites is 1. The summed E-state index contributed by atoms with van der Waals surface area (Å²) in [5, 5.41) is 11.3. The molecule has 0 aromatic heterocycles. The van der Waals surface area contributed by atoms with Gasteiger partial charge in [0.2, 0.25) is 0 Å². The quantitative estimate of drug-likeness (QED) is 0.839. The van der Waals surface area contributed by atoms with E-state index < -0.39 is 6.10 Å². The molecule has 122 valence electrons. The maximum atomic E-state index is 11.3. The zero-order valence-corrected chi connectivity index (χ0v) is 14.9. The van der Waals surface area contributed by atoms with Crippen LogP contribution in [0.2, 0.25) is 0 Å². The number of aliphatic hydroxyl groups is 1. The molecule has 2 aromatic carbocycles. The number of thioether (sulfide) groups is 2. The van der Waals surface area contributed by atoms with Gasteiger partial charge in [-0.2, -0.15) is 0 Å². The molecule has 2 aromatic rings. The maximum absolute atomic E-state index is 11.3. The fourth-order valence-corrected chi connectivity index (χ4v) is 6.27. The van der Waals surface area contributed by atoms with Gasteiger partial charge in [-0.15, -0.1) is 23.5 Å². The first kappa shape index (κ1) is 16.7. The highest BCUT2D eigenvalue weighted by Crippen LogP contribution is 2.58. The molecule has 1 fully saturated rings. The van der Waals surface area contributed by atoms with E-state index in [1.807, 2.05) is 72.9 Å². The fourth-order valence-electron chi connectivity index (χ4n) is 2.90. The van der Waals surface area contributed by atoms with Gasteiger partial charge in [0, 0.05) is 5.56 Å². The second-order valence-corrected chi connectivity index (χ2v) is 8.40. The highest BCUT2D eigenvalue weighted by Gasteiger charge is 2.44. The van der Waals surface area contributed by atoms with Crippen molar-refractivity contribution in [1.29, 1.82) is 0 Å². The number of hydrogen-bond acceptors (Lipinski definition) is 4. The molecule has 23 heavy (non-hydrogen) atoms. The van der Waals surface area contributed by atoms with Crippen LogP contribution in [0, 0.1) is 0 Å². The minimum Gasteiger partial charge on any atom is -0.493 e. The normalized spacial score (nSPS) is 18.3. The van der Waals surface area contributed by atoms with Crippen molar-refractivity contribution in [3.05, 3.63) is 65.7 Å². The summed E-state index contributed by atoms with van der Waals surface area (Å²) >= 11 is 3.70. The molecule has 1 atom stereocenters. The zero-order chi connectivity index (χ0) is 16.1. The summed E-state index contributed by atoms with van der Waals surface area (Å²) in [5.74, 6) is 2.91. The lowest BCUT2D eigenvalue weighted by molar-refractivity contribution is 0.157. The van der Waals surface area contributed by atoms with Crippen molar-refractivity contribution in [3.8, 4) is 5.75 Å². The summed E-state index contributed by atoms with van der Waals surface area (Å²) in [7, 11) is 0. The van der Waals surface area contributed by atoms with Gasteiger partial charge in [-0.25, -0.2) is 0 Å². The largest absolute Gasteiger partial charge is 0.493 e. The Bertz CT molecular complexity index is 624. The van der Waals surface area contributed by atoms with Gasteiger partial charge in [0.1, 0.15) is 15.9 Å². The van der Waals surface area contributed by atoms with Gasteiger partial charge in [-0.3, -0.25) is 0 Å². The predicted molar refractivity (Wildman–Crippen MR) is 100 cm³/mol. The van der Waals surface area contributed by atoms with E-state index in [1.165, 1.54) is 12.0 Å². The van der Waals surface area contributed by atoms with Crippen LogP contribution in [0.25, 0.3) is 0 Å². The molecule has 1 N–H and O–H groups in total. The Morgan fingerprint density at radius 3 is 2.39 bits per heavy atom. The molecule has 0 bridgehead atoms. The molecule has 3 rings (SSSR count). The van der Waals surface area contributed by atoms with Crippen molar-refractivity contribution in [3.63, 3.8) is 0 Å². The molecule has 0 amide bonds. The Morgan fingerprint density at radius 2 is 1.70 bits per heavy atom. The number of benzene rings is 2. The molecule has 4 heteroatoms. The Hall–Kier alpha value is -1.10. The van der Waals surface area contributed by atoms with Crippen LogP contribution in [-0.4, -0.2) is 23.2 Å². The molecule has 0 aliphatic carbocycles. The van der Waals surface area contributed by atoms with Crippen LogP contribution < -0.4 is 4.74 Å². The van der Waals surface area contributed by atoms with E-state index in [2.05, 4.69) is 12.1 Å². The van der Waals surface area contributed by atoms with E-state index in [4.69, 9.17) is 4.74 Å². The smallest absolute Gasteiger partial charge is 0.125 e. The predicted octanol–water partition coefficient (Wildman–Crippen LogP) is 4.84. The van der Waals surface area contributed by atoms with Crippen LogP contribution in [0.1, 0.15) is 30.6 Å². The molecule has 1 aliphatic rings. The van der Waals surface area contributed by atoms with Gasteiger partial charge < -0.3 is 9.84 Å². The van der Waals surface area contributed by atoms with Crippen LogP contribution in [0.15, 0.2) is 54.6 Å². The molecule has 1 saturated heterocycles. The molecule has 0 spiro atoms. The summed E-state index contributed by atoms with van der Waals surface area (Å²) in [6.45, 7) is 2.57. The molecule has 1 unspecified atom stereocenters. The highest BCUT2D eigenvalue weighted by molar-refractivity contribution is 8.18. The summed E-state index contributed by atoms with van der Waals surface area (Å²) in [6.07, 6.45) is 0.576. The van der Waals surface area contributed by atoms with E-state index in [1.54, 1.807) is 0 Å². The van der Waals surface area contributed by atoms with Crippen LogP contribution in [0.5, 0.6) is 5.75 Å². The number of hydrogen-bond donors (Lipinski definition) is 1. The molecule has 2 nitrogen and oxygen atoms in total. The second-order valence-electron chi connectivity index (χ2n) is 5.46. The van der Waals surface area contributed by atoms with E-state index in [-0.39, 0.29) is 4.08 Å². The Morgan fingerprint density at radius 1 is 1.04 bits per heavy atom. The van der Waals surface area contributed by atoms with Crippen LogP contribution in [0.4, 0.5) is 0 Å². The maximum Gasteiger partial charge on any atom is 0.125 e. The van der Waals surface area contributed by atoms with E-state index in [0.29, 0.717) is 6.61 Å². The van der Waals surface area contributed by atoms with Gasteiger partial charge in [-0.05, 0) is 36.5 Å². The van der Waals surface area contributed by atoms with Crippen molar-refractivity contribution in [1.82, 2.24) is 0 Å². The van der Waals surface area contributed by atoms with Gasteiger partial charge in [0.15, 0.2) is 0 Å². The van der Waals surface area contributed by atoms with Crippen LogP contribution in [0.3, 0.4) is 0 Å². The van der Waals surface area contributed by atoms with E-state index >= 15 is 0 Å². The summed E-state index contributed by atoms with van der Waals surface area (Å²) < 4.78 is 5.38. The average Bonchev–Trinajstić information content (AvgIpc) is 2.63. The number of rotatable bonds is 5. The van der Waals surface area contributed by atoms with Crippen LogP contribution in [-0.2, 0) is 4.08 Å². The summed E-state index contributed by atoms with van der Waals surface area (Å²) in [4.78, 5) is 0. The third kappa shape index (κ3) is 3.39. The lowest BCUT2D eigenvalue weighted by Gasteiger charge is -2.40. The summed E-state index contributed by atoms with van der Waals surface area (Å²) in [5.41, 5.74) is 2.05.